The first-order chi connectivity index (χ1) is 28.3. The second-order valence-electron chi connectivity index (χ2n) is 14.4. The van der Waals surface area contributed by atoms with Crippen molar-refractivity contribution in [3.05, 3.63) is 219 Å². The van der Waals surface area contributed by atoms with Crippen LogP contribution in [0.4, 0.5) is 17.1 Å². The molecule has 0 radical (unpaired) electrons. The molecule has 2 heterocycles. The Bertz CT molecular complexity index is 3090. The number of hydrogen-bond acceptors (Lipinski definition) is 2. The van der Waals surface area contributed by atoms with Crippen LogP contribution in [0.15, 0.2) is 212 Å². The molecule has 1 aromatic heterocycles. The second-order valence-corrected chi connectivity index (χ2v) is 18.3. The summed E-state index contributed by atoms with van der Waals surface area (Å²) in [5, 5.41) is 2.63. The predicted octanol–water partition coefficient (Wildman–Crippen LogP) is 12.3. The van der Waals surface area contributed by atoms with Crippen molar-refractivity contribution in [2.24, 2.45) is 0 Å². The summed E-state index contributed by atoms with van der Waals surface area (Å²) in [4.78, 5) is 2.45. The Morgan fingerprint density at radius 2 is 0.842 bits per heavy atom. The molecule has 1 nitrogen and oxygen atoms in total. The molecule has 0 bridgehead atoms. The number of nitrogens with zero attached hydrogens (tertiary/aromatic N) is 1. The molecule has 11 rings (SSSR count). The summed E-state index contributed by atoms with van der Waals surface area (Å²) in [6.07, 6.45) is 0. The third-order valence-electron chi connectivity index (χ3n) is 11.1. The van der Waals surface area contributed by atoms with E-state index in [1.54, 1.807) is 0 Å². The van der Waals surface area contributed by atoms with E-state index in [0.717, 1.165) is 11.4 Å². The SMILES string of the molecule is c1ccc(-c2ccccc2-c2ccc(N(c3ccc4c(c3)[I-]c3ccccc3-4)c3ccc(-c4cccc5c4sc4ccccc45)c(-c4ccccc4)c3)cc2)cc1. The second kappa shape index (κ2) is 14.3. The molecule has 0 aliphatic carbocycles. The van der Waals surface area contributed by atoms with E-state index in [2.05, 4.69) is 217 Å². The van der Waals surface area contributed by atoms with Gasteiger partial charge in [0, 0.05) is 0 Å². The van der Waals surface area contributed by atoms with Gasteiger partial charge >= 0.3 is 307 Å². The molecule has 0 unspecified atom stereocenters. The van der Waals surface area contributed by atoms with Gasteiger partial charge < -0.3 is 0 Å². The van der Waals surface area contributed by atoms with Crippen molar-refractivity contribution in [3.63, 3.8) is 0 Å². The number of anilines is 3. The zero-order chi connectivity index (χ0) is 37.7. The summed E-state index contributed by atoms with van der Waals surface area (Å²) >= 11 is 1.62. The first-order valence-corrected chi connectivity index (χ1v) is 22.3. The van der Waals surface area contributed by atoms with E-state index in [1.165, 1.54) is 88.6 Å². The molecule has 1 aliphatic heterocycles. The number of benzene rings is 9. The van der Waals surface area contributed by atoms with Gasteiger partial charge in [-0.3, -0.25) is 0 Å². The third kappa shape index (κ3) is 6.06. The van der Waals surface area contributed by atoms with Crippen LogP contribution in [0, 0.1) is 7.14 Å². The minimum Gasteiger partial charge on any atom is -0.0617 e. The number of halogens is 1. The van der Waals surface area contributed by atoms with E-state index in [4.69, 9.17) is 0 Å². The van der Waals surface area contributed by atoms with Crippen LogP contribution in [0.2, 0.25) is 0 Å². The molecule has 0 atom stereocenters. The molecule has 0 N–H and O–H groups in total. The van der Waals surface area contributed by atoms with E-state index >= 15 is 0 Å². The van der Waals surface area contributed by atoms with Crippen molar-refractivity contribution in [3.8, 4) is 55.6 Å². The summed E-state index contributed by atoms with van der Waals surface area (Å²) in [5.74, 6) is 0. The predicted molar refractivity (Wildman–Crippen MR) is 239 cm³/mol. The van der Waals surface area contributed by atoms with Crippen LogP contribution < -0.4 is 26.1 Å². The zero-order valence-corrected chi connectivity index (χ0v) is 33.9. The fourth-order valence-electron chi connectivity index (χ4n) is 8.37. The molecule has 0 saturated carbocycles. The van der Waals surface area contributed by atoms with Crippen molar-refractivity contribution in [2.45, 2.75) is 0 Å². The van der Waals surface area contributed by atoms with Crippen LogP contribution in [0.3, 0.4) is 0 Å². The van der Waals surface area contributed by atoms with E-state index in [-0.39, 0.29) is 21.2 Å². The molecule has 9 aromatic carbocycles. The zero-order valence-electron chi connectivity index (χ0n) is 30.9. The molecular formula is C54H35INS-. The normalized spacial score (nSPS) is 11.9. The van der Waals surface area contributed by atoms with Crippen LogP contribution >= 0.6 is 11.3 Å². The van der Waals surface area contributed by atoms with Gasteiger partial charge in [0.1, 0.15) is 0 Å². The molecule has 0 spiro atoms. The first-order valence-electron chi connectivity index (χ1n) is 19.3. The third-order valence-corrected chi connectivity index (χ3v) is 15.3. The van der Waals surface area contributed by atoms with Gasteiger partial charge in [-0.2, -0.15) is 0 Å². The van der Waals surface area contributed by atoms with Crippen molar-refractivity contribution in [2.75, 3.05) is 4.90 Å². The summed E-state index contributed by atoms with van der Waals surface area (Å²) in [5.41, 5.74) is 16.0. The summed E-state index contributed by atoms with van der Waals surface area (Å²) in [7, 11) is 0. The fourth-order valence-corrected chi connectivity index (χ4v) is 12.6. The van der Waals surface area contributed by atoms with Crippen LogP contribution in [0.5, 0.6) is 0 Å². The number of thiophene rings is 1. The summed E-state index contributed by atoms with van der Waals surface area (Å²) in [6.45, 7) is 0. The number of hydrogen-bond donors (Lipinski definition) is 0. The molecule has 0 saturated heterocycles. The van der Waals surface area contributed by atoms with Crippen LogP contribution in [-0.2, 0) is 0 Å². The smallest absolute Gasteiger partial charge is 0.0617 e. The van der Waals surface area contributed by atoms with E-state index in [0.29, 0.717) is 0 Å². The van der Waals surface area contributed by atoms with E-state index < -0.39 is 0 Å². The Labute approximate surface area is 347 Å². The Morgan fingerprint density at radius 1 is 0.316 bits per heavy atom. The van der Waals surface area contributed by atoms with Gasteiger partial charge in [-0.05, 0) is 6.07 Å². The average Bonchev–Trinajstić information content (AvgIpc) is 3.86. The Hall–Kier alpha value is -6.27. The van der Waals surface area contributed by atoms with Gasteiger partial charge in [0.25, 0.3) is 0 Å². The summed E-state index contributed by atoms with van der Waals surface area (Å²) in [6, 6.07) is 78.2. The monoisotopic (exact) mass is 856 g/mol. The molecule has 270 valence electrons. The molecule has 1 aliphatic rings. The molecule has 0 fully saturated rings. The maximum absolute atomic E-state index is 2.45. The first kappa shape index (κ1) is 34.0. The number of rotatable bonds is 7. The molecule has 57 heavy (non-hydrogen) atoms. The Balaban J connectivity index is 1.08. The van der Waals surface area contributed by atoms with Gasteiger partial charge in [0.2, 0.25) is 0 Å². The molecular weight excluding hydrogens is 822 g/mol. The van der Waals surface area contributed by atoms with Gasteiger partial charge in [0.05, 0.1) is 0 Å². The van der Waals surface area contributed by atoms with Gasteiger partial charge in [0.15, 0.2) is 0 Å². The minimum absolute atomic E-state index is 0.274. The van der Waals surface area contributed by atoms with Crippen LogP contribution in [0.1, 0.15) is 0 Å². The van der Waals surface area contributed by atoms with Crippen LogP contribution in [-0.4, -0.2) is 0 Å². The quantitative estimate of drug-likeness (QED) is 0.144. The van der Waals surface area contributed by atoms with Gasteiger partial charge in [-0.25, -0.2) is 0 Å². The standard InChI is InChI=1S/C54H35INS/c1-3-14-36(15-4-1)42-18-7-8-19-43(42)38-26-28-39(29-27-38)56(41-31-33-46-45-20-9-11-24-51(45)55-52(46)35-41)40-30-32-44(50(34-40)37-16-5-2-6-17-37)48-22-13-23-49-47-21-10-12-25-53(47)57-54(48)49/h1-35H/q-1. The molecule has 3 heteroatoms. The Kier molecular flexibility index (Phi) is 8.56. The summed E-state index contributed by atoms with van der Waals surface area (Å²) < 4.78 is 5.62. The van der Waals surface area contributed by atoms with Crippen molar-refractivity contribution < 1.29 is 21.2 Å². The topological polar surface area (TPSA) is 3.24 Å². The van der Waals surface area contributed by atoms with Gasteiger partial charge in [-0.15, -0.1) is 0 Å². The van der Waals surface area contributed by atoms with Crippen LogP contribution in [0.25, 0.3) is 75.8 Å². The van der Waals surface area contributed by atoms with Crippen molar-refractivity contribution >= 4 is 48.6 Å². The minimum atomic E-state index is -0.274. The average molecular weight is 857 g/mol. The van der Waals surface area contributed by atoms with Gasteiger partial charge in [-0.1, -0.05) is 36.4 Å². The maximum atomic E-state index is 2.45. The van der Waals surface area contributed by atoms with E-state index in [1.807, 2.05) is 11.3 Å². The fraction of sp³-hybridized carbons (Fsp3) is 0. The molecule has 0 amide bonds. The van der Waals surface area contributed by atoms with Crippen molar-refractivity contribution in [1.82, 2.24) is 0 Å². The number of fused-ring (bicyclic) bond motifs is 6. The van der Waals surface area contributed by atoms with Crippen molar-refractivity contribution in [1.29, 1.82) is 0 Å². The van der Waals surface area contributed by atoms with E-state index in [9.17, 15) is 0 Å². The Morgan fingerprint density at radius 3 is 1.60 bits per heavy atom. The molecule has 10 aromatic rings.